The van der Waals surface area contributed by atoms with E-state index < -0.39 is 10.0 Å². The van der Waals surface area contributed by atoms with Crippen LogP contribution in [0.5, 0.6) is 0 Å². The molecule has 0 fully saturated rings. The van der Waals surface area contributed by atoms with E-state index in [1.165, 1.54) is 29.1 Å². The van der Waals surface area contributed by atoms with E-state index in [0.717, 1.165) is 0 Å². The van der Waals surface area contributed by atoms with Gasteiger partial charge in [0, 0.05) is 7.05 Å². The number of halogens is 1. The summed E-state index contributed by atoms with van der Waals surface area (Å²) < 4.78 is 28.1. The zero-order chi connectivity index (χ0) is 14.9. The summed E-state index contributed by atoms with van der Waals surface area (Å²) in [7, 11) is -2.37. The van der Waals surface area contributed by atoms with Crippen molar-refractivity contribution in [1.29, 1.82) is 5.26 Å². The minimum absolute atomic E-state index is 0.0442. The molecule has 1 aromatic carbocycles. The third kappa shape index (κ3) is 2.54. The SMILES string of the molecule is Cn1ncc(N)c1NS(=O)(=O)c1ccc(C#N)cc1Cl. The number of nitrogens with zero attached hydrogens (tertiary/aromatic N) is 3. The van der Waals surface area contributed by atoms with Crippen molar-refractivity contribution in [2.75, 3.05) is 10.5 Å². The highest BCUT2D eigenvalue weighted by atomic mass is 35.5. The maximum atomic E-state index is 12.2. The predicted octanol–water partition coefficient (Wildman–Crippen LogP) is 1.33. The smallest absolute Gasteiger partial charge is 0.264 e. The zero-order valence-electron chi connectivity index (χ0n) is 10.3. The number of rotatable bonds is 3. The number of nitrogens with two attached hydrogens (primary N) is 1. The molecule has 2 aromatic rings. The molecule has 0 aliphatic heterocycles. The van der Waals surface area contributed by atoms with Crippen LogP contribution < -0.4 is 10.5 Å². The van der Waals surface area contributed by atoms with Crippen LogP contribution in [0.4, 0.5) is 11.5 Å². The second-order valence-electron chi connectivity index (χ2n) is 3.93. The Kier molecular flexibility index (Phi) is 3.57. The van der Waals surface area contributed by atoms with E-state index in [1.54, 1.807) is 7.05 Å². The van der Waals surface area contributed by atoms with Crippen LogP contribution in [0.2, 0.25) is 5.02 Å². The van der Waals surface area contributed by atoms with Crippen LogP contribution in [-0.2, 0) is 17.1 Å². The molecule has 104 valence electrons. The number of hydrogen-bond donors (Lipinski definition) is 2. The number of sulfonamides is 1. The van der Waals surface area contributed by atoms with E-state index >= 15 is 0 Å². The van der Waals surface area contributed by atoms with Crippen molar-refractivity contribution in [3.63, 3.8) is 0 Å². The lowest BCUT2D eigenvalue weighted by atomic mass is 10.2. The quantitative estimate of drug-likeness (QED) is 0.887. The van der Waals surface area contributed by atoms with Crippen LogP contribution in [-0.4, -0.2) is 18.2 Å². The molecule has 0 aliphatic carbocycles. The monoisotopic (exact) mass is 311 g/mol. The van der Waals surface area contributed by atoms with Gasteiger partial charge in [-0.2, -0.15) is 10.4 Å². The Morgan fingerprint density at radius 1 is 1.50 bits per heavy atom. The first-order valence-electron chi connectivity index (χ1n) is 5.35. The highest BCUT2D eigenvalue weighted by Gasteiger charge is 2.21. The van der Waals surface area contributed by atoms with Gasteiger partial charge in [0.2, 0.25) is 0 Å². The highest BCUT2D eigenvalue weighted by molar-refractivity contribution is 7.92. The number of aromatic nitrogens is 2. The first kappa shape index (κ1) is 14.2. The van der Waals surface area contributed by atoms with Gasteiger partial charge in [0.1, 0.15) is 4.90 Å². The molecular formula is C11H10ClN5O2S. The molecule has 1 heterocycles. The topological polar surface area (TPSA) is 114 Å². The molecule has 0 bridgehead atoms. The van der Waals surface area contributed by atoms with Gasteiger partial charge in [0.05, 0.1) is 28.5 Å². The first-order chi connectivity index (χ1) is 9.35. The third-order valence-electron chi connectivity index (χ3n) is 2.55. The molecule has 0 amide bonds. The summed E-state index contributed by atoms with van der Waals surface area (Å²) in [6.07, 6.45) is 1.33. The van der Waals surface area contributed by atoms with Crippen LogP contribution in [0.3, 0.4) is 0 Å². The summed E-state index contributed by atoms with van der Waals surface area (Å²) >= 11 is 5.89. The number of hydrogen-bond acceptors (Lipinski definition) is 5. The van der Waals surface area contributed by atoms with Crippen molar-refractivity contribution in [3.8, 4) is 6.07 Å². The van der Waals surface area contributed by atoms with Gasteiger partial charge in [-0.1, -0.05) is 11.6 Å². The van der Waals surface area contributed by atoms with E-state index in [0.29, 0.717) is 0 Å². The van der Waals surface area contributed by atoms with E-state index in [4.69, 9.17) is 22.6 Å². The molecule has 1 aromatic heterocycles. The molecule has 0 aliphatic rings. The van der Waals surface area contributed by atoms with Gasteiger partial charge in [-0.05, 0) is 18.2 Å². The zero-order valence-corrected chi connectivity index (χ0v) is 11.9. The average Bonchev–Trinajstić information content (AvgIpc) is 2.69. The van der Waals surface area contributed by atoms with Crippen LogP contribution in [0.1, 0.15) is 5.56 Å². The molecule has 2 rings (SSSR count). The van der Waals surface area contributed by atoms with Crippen LogP contribution in [0.25, 0.3) is 0 Å². The largest absolute Gasteiger partial charge is 0.394 e. The van der Waals surface area contributed by atoms with Gasteiger partial charge >= 0.3 is 0 Å². The molecule has 0 radical (unpaired) electrons. The Balaban J connectivity index is 2.44. The molecule has 0 saturated heterocycles. The lowest BCUT2D eigenvalue weighted by Crippen LogP contribution is -2.16. The molecule has 0 atom stereocenters. The molecule has 7 nitrogen and oxygen atoms in total. The molecule has 0 unspecified atom stereocenters. The third-order valence-corrected chi connectivity index (χ3v) is 4.37. The lowest BCUT2D eigenvalue weighted by molar-refractivity contribution is 0.600. The first-order valence-corrected chi connectivity index (χ1v) is 7.21. The Hall–Kier alpha value is -2.24. The molecule has 20 heavy (non-hydrogen) atoms. The second-order valence-corrected chi connectivity index (χ2v) is 5.99. The van der Waals surface area contributed by atoms with Crippen LogP contribution in [0.15, 0.2) is 29.3 Å². The summed E-state index contributed by atoms with van der Waals surface area (Å²) in [6, 6.07) is 5.78. The lowest BCUT2D eigenvalue weighted by Gasteiger charge is -2.10. The highest BCUT2D eigenvalue weighted by Crippen LogP contribution is 2.26. The van der Waals surface area contributed by atoms with Gasteiger partial charge in [0.15, 0.2) is 5.82 Å². The Morgan fingerprint density at radius 3 is 2.70 bits per heavy atom. The standard InChI is InChI=1S/C11H10ClN5O2S/c1-17-11(9(14)6-15-17)16-20(18,19)10-3-2-7(5-13)4-8(10)12/h2-4,6,16H,14H2,1H3. The number of benzene rings is 1. The predicted molar refractivity (Wildman–Crippen MR) is 74.6 cm³/mol. The maximum absolute atomic E-state index is 12.2. The van der Waals surface area contributed by atoms with E-state index in [1.807, 2.05) is 6.07 Å². The van der Waals surface area contributed by atoms with Crippen molar-refractivity contribution in [3.05, 3.63) is 35.0 Å². The fourth-order valence-corrected chi connectivity index (χ4v) is 3.21. The van der Waals surface area contributed by atoms with Crippen LogP contribution in [0, 0.1) is 11.3 Å². The van der Waals surface area contributed by atoms with Crippen molar-refractivity contribution < 1.29 is 8.42 Å². The number of nitrogens with one attached hydrogen (secondary N) is 1. The summed E-state index contributed by atoms with van der Waals surface area (Å²) in [6.45, 7) is 0. The van der Waals surface area contributed by atoms with E-state index in [-0.39, 0.29) is 27.0 Å². The number of nitrogen functional groups attached to an aromatic ring is 1. The molecule has 0 saturated carbocycles. The normalized spacial score (nSPS) is 11.1. The van der Waals surface area contributed by atoms with Gasteiger partial charge in [-0.25, -0.2) is 8.42 Å². The summed E-state index contributed by atoms with van der Waals surface area (Å²) in [4.78, 5) is -0.140. The van der Waals surface area contributed by atoms with Crippen molar-refractivity contribution >= 4 is 33.1 Å². The molecular weight excluding hydrogens is 302 g/mol. The van der Waals surface area contributed by atoms with E-state index in [2.05, 4.69) is 9.82 Å². The minimum Gasteiger partial charge on any atom is -0.394 e. The maximum Gasteiger partial charge on any atom is 0.264 e. The Bertz CT molecular complexity index is 787. The Morgan fingerprint density at radius 2 is 2.20 bits per heavy atom. The van der Waals surface area contributed by atoms with Crippen molar-refractivity contribution in [1.82, 2.24) is 9.78 Å². The molecule has 3 N–H and O–H groups in total. The fraction of sp³-hybridized carbons (Fsp3) is 0.0909. The van der Waals surface area contributed by atoms with Crippen molar-refractivity contribution in [2.45, 2.75) is 4.90 Å². The summed E-state index contributed by atoms with van der Waals surface area (Å²) in [5.41, 5.74) is 6.09. The van der Waals surface area contributed by atoms with Crippen molar-refractivity contribution in [2.24, 2.45) is 7.05 Å². The number of nitriles is 1. The van der Waals surface area contributed by atoms with Gasteiger partial charge < -0.3 is 5.73 Å². The summed E-state index contributed by atoms with van der Waals surface area (Å²) in [5.74, 6) is 0.144. The summed E-state index contributed by atoms with van der Waals surface area (Å²) in [5, 5.41) is 12.5. The number of aryl methyl sites for hydroxylation is 1. The fourth-order valence-electron chi connectivity index (χ4n) is 1.55. The Labute approximate surface area is 120 Å². The average molecular weight is 312 g/mol. The minimum atomic E-state index is -3.92. The van der Waals surface area contributed by atoms with Gasteiger partial charge in [-0.15, -0.1) is 0 Å². The molecule has 9 heteroatoms. The molecule has 0 spiro atoms. The van der Waals surface area contributed by atoms with Crippen LogP contribution >= 0.6 is 11.6 Å². The van der Waals surface area contributed by atoms with E-state index in [9.17, 15) is 8.42 Å². The number of anilines is 2. The van der Waals surface area contributed by atoms with Gasteiger partial charge in [-0.3, -0.25) is 9.40 Å². The van der Waals surface area contributed by atoms with Gasteiger partial charge in [0.25, 0.3) is 10.0 Å². The second kappa shape index (κ2) is 5.03.